The summed E-state index contributed by atoms with van der Waals surface area (Å²) in [5.41, 5.74) is -1.77. The number of hydrogen-bond donors (Lipinski definition) is 1. The Morgan fingerprint density at radius 2 is 2.10 bits per heavy atom. The van der Waals surface area contributed by atoms with Gasteiger partial charge in [-0.15, -0.1) is 0 Å². The minimum Gasteiger partial charge on any atom is -0.317 e. The fourth-order valence-corrected chi connectivity index (χ4v) is 1.73. The fraction of sp³-hybridized carbons (Fsp3) is 0.231. The van der Waals surface area contributed by atoms with Crippen molar-refractivity contribution in [3.05, 3.63) is 47.5 Å². The zero-order valence-electron chi connectivity index (χ0n) is 10.9. The lowest BCUT2D eigenvalue weighted by molar-refractivity contribution is -0.137. The van der Waals surface area contributed by atoms with Crippen LogP contribution in [0.4, 0.5) is 23.5 Å². The predicted molar refractivity (Wildman–Crippen MR) is 67.3 cm³/mol. The van der Waals surface area contributed by atoms with E-state index >= 15 is 0 Å². The molecule has 1 N–H and O–H groups in total. The number of benzene rings is 1. The molecule has 2 rings (SSSR count). The number of anilines is 1. The number of carbonyl (C=O) groups is 1. The summed E-state index contributed by atoms with van der Waals surface area (Å²) in [7, 11) is 0. The van der Waals surface area contributed by atoms with Crippen LogP contribution in [-0.4, -0.2) is 15.5 Å². The van der Waals surface area contributed by atoms with Crippen molar-refractivity contribution in [2.24, 2.45) is 0 Å². The van der Waals surface area contributed by atoms with Crippen LogP contribution in [0.25, 0.3) is 0 Å². The van der Waals surface area contributed by atoms with E-state index in [1.165, 1.54) is 6.20 Å². The van der Waals surface area contributed by atoms with Crippen molar-refractivity contribution in [1.29, 1.82) is 0 Å². The molecule has 1 aromatic heterocycles. The van der Waals surface area contributed by atoms with E-state index in [1.54, 1.807) is 17.7 Å². The Hall–Kier alpha value is -2.38. The molecular formula is C13H11F4N3O. The van der Waals surface area contributed by atoms with Gasteiger partial charge < -0.3 is 4.57 Å². The molecule has 1 aromatic carbocycles. The fourth-order valence-electron chi connectivity index (χ4n) is 1.73. The zero-order valence-corrected chi connectivity index (χ0v) is 10.9. The highest BCUT2D eigenvalue weighted by Gasteiger charge is 2.32. The number of aromatic nitrogens is 2. The Bertz CT molecular complexity index is 664. The molecule has 0 fully saturated rings. The molecule has 0 radical (unpaired) electrons. The summed E-state index contributed by atoms with van der Waals surface area (Å²) in [6.45, 7) is 2.29. The van der Waals surface area contributed by atoms with Crippen LogP contribution in [0.5, 0.6) is 0 Å². The van der Waals surface area contributed by atoms with E-state index in [0.717, 1.165) is 0 Å². The third-order valence-corrected chi connectivity index (χ3v) is 2.82. The maximum atomic E-state index is 13.6. The maximum Gasteiger partial charge on any atom is 0.416 e. The lowest BCUT2D eigenvalue weighted by Gasteiger charge is -2.10. The molecule has 1 amide bonds. The third kappa shape index (κ3) is 3.21. The Balaban J connectivity index is 2.31. The second-order valence-corrected chi connectivity index (χ2v) is 4.18. The van der Waals surface area contributed by atoms with Crippen LogP contribution in [0, 0.1) is 5.82 Å². The minimum absolute atomic E-state index is 0.138. The lowest BCUT2D eigenvalue weighted by Crippen LogP contribution is -2.18. The molecule has 21 heavy (non-hydrogen) atoms. The van der Waals surface area contributed by atoms with Crippen molar-refractivity contribution in [1.82, 2.24) is 9.55 Å². The standard InChI is InChI=1S/C13H11F4N3O/c1-2-20-6-5-18-12(20)19-11(21)9-7-8(13(15,16)17)3-4-10(9)14/h3-7H,2H2,1H3,(H,18,19,21). The number of halogens is 4. The largest absolute Gasteiger partial charge is 0.416 e. The molecule has 2 aromatic rings. The average Bonchev–Trinajstić information content (AvgIpc) is 2.84. The molecule has 1 heterocycles. The Kier molecular flexibility index (Phi) is 3.97. The summed E-state index contributed by atoms with van der Waals surface area (Å²) >= 11 is 0. The van der Waals surface area contributed by atoms with E-state index < -0.39 is 29.0 Å². The van der Waals surface area contributed by atoms with E-state index in [1.807, 2.05) is 0 Å². The minimum atomic E-state index is -4.65. The number of amides is 1. The molecule has 0 aliphatic carbocycles. The SMILES string of the molecule is CCn1ccnc1NC(=O)c1cc(C(F)(F)F)ccc1F. The monoisotopic (exact) mass is 301 g/mol. The Morgan fingerprint density at radius 1 is 1.38 bits per heavy atom. The van der Waals surface area contributed by atoms with Gasteiger partial charge in [0.15, 0.2) is 0 Å². The van der Waals surface area contributed by atoms with Crippen molar-refractivity contribution in [3.63, 3.8) is 0 Å². The highest BCUT2D eigenvalue weighted by Crippen LogP contribution is 2.30. The van der Waals surface area contributed by atoms with Crippen LogP contribution in [-0.2, 0) is 12.7 Å². The first-order valence-electron chi connectivity index (χ1n) is 6.02. The number of alkyl halides is 3. The van der Waals surface area contributed by atoms with E-state index in [9.17, 15) is 22.4 Å². The van der Waals surface area contributed by atoms with Crippen molar-refractivity contribution in [2.45, 2.75) is 19.6 Å². The van der Waals surface area contributed by atoms with Crippen LogP contribution in [0.1, 0.15) is 22.8 Å². The van der Waals surface area contributed by atoms with Crippen molar-refractivity contribution in [3.8, 4) is 0 Å². The average molecular weight is 301 g/mol. The molecule has 112 valence electrons. The maximum absolute atomic E-state index is 13.6. The number of aryl methyl sites for hydroxylation is 1. The molecule has 0 unspecified atom stereocenters. The third-order valence-electron chi connectivity index (χ3n) is 2.82. The van der Waals surface area contributed by atoms with Gasteiger partial charge in [-0.3, -0.25) is 10.1 Å². The summed E-state index contributed by atoms with van der Waals surface area (Å²) in [4.78, 5) is 15.7. The molecule has 0 atom stereocenters. The molecule has 0 saturated heterocycles. The molecule has 4 nitrogen and oxygen atoms in total. The van der Waals surface area contributed by atoms with Crippen molar-refractivity contribution >= 4 is 11.9 Å². The molecule has 0 aliphatic rings. The van der Waals surface area contributed by atoms with Crippen LogP contribution in [0.15, 0.2) is 30.6 Å². The number of nitrogens with one attached hydrogen (secondary N) is 1. The van der Waals surface area contributed by atoms with Gasteiger partial charge in [0.1, 0.15) is 5.82 Å². The van der Waals surface area contributed by atoms with E-state index in [0.29, 0.717) is 24.7 Å². The molecule has 8 heteroatoms. The first-order valence-corrected chi connectivity index (χ1v) is 6.02. The normalized spacial score (nSPS) is 11.5. The molecular weight excluding hydrogens is 290 g/mol. The number of rotatable bonds is 3. The van der Waals surface area contributed by atoms with Crippen LogP contribution in [0.3, 0.4) is 0 Å². The van der Waals surface area contributed by atoms with Crippen LogP contribution < -0.4 is 5.32 Å². The molecule has 0 saturated carbocycles. The van der Waals surface area contributed by atoms with Crippen LogP contribution >= 0.6 is 0 Å². The topological polar surface area (TPSA) is 46.9 Å². The predicted octanol–water partition coefficient (Wildman–Crippen LogP) is 3.31. The molecule has 0 bridgehead atoms. The van der Waals surface area contributed by atoms with Crippen molar-refractivity contribution in [2.75, 3.05) is 5.32 Å². The van der Waals surface area contributed by atoms with E-state index in [-0.39, 0.29) is 5.95 Å². The van der Waals surface area contributed by atoms with E-state index in [4.69, 9.17) is 0 Å². The summed E-state index contributed by atoms with van der Waals surface area (Å²) in [6, 6.07) is 1.67. The summed E-state index contributed by atoms with van der Waals surface area (Å²) in [5, 5.41) is 2.28. The number of hydrogen-bond acceptors (Lipinski definition) is 2. The van der Waals surface area contributed by atoms with Gasteiger partial charge in [-0.25, -0.2) is 9.37 Å². The first-order chi connectivity index (χ1) is 9.82. The van der Waals surface area contributed by atoms with Gasteiger partial charge in [-0.2, -0.15) is 13.2 Å². The van der Waals surface area contributed by atoms with Gasteiger partial charge >= 0.3 is 6.18 Å². The van der Waals surface area contributed by atoms with Gasteiger partial charge in [0, 0.05) is 18.9 Å². The van der Waals surface area contributed by atoms with Gasteiger partial charge in [-0.1, -0.05) is 0 Å². The summed E-state index contributed by atoms with van der Waals surface area (Å²) in [5.74, 6) is -1.88. The number of carbonyl (C=O) groups excluding carboxylic acids is 1. The molecule has 0 aliphatic heterocycles. The van der Waals surface area contributed by atoms with Gasteiger partial charge in [-0.05, 0) is 25.1 Å². The second-order valence-electron chi connectivity index (χ2n) is 4.18. The van der Waals surface area contributed by atoms with Gasteiger partial charge in [0.05, 0.1) is 11.1 Å². The van der Waals surface area contributed by atoms with Crippen molar-refractivity contribution < 1.29 is 22.4 Å². The highest BCUT2D eigenvalue weighted by atomic mass is 19.4. The van der Waals surface area contributed by atoms with Crippen LogP contribution in [0.2, 0.25) is 0 Å². The zero-order chi connectivity index (χ0) is 15.6. The Labute approximate surface area is 117 Å². The summed E-state index contributed by atoms with van der Waals surface area (Å²) < 4.78 is 52.9. The quantitative estimate of drug-likeness (QED) is 0.884. The molecule has 0 spiro atoms. The second kappa shape index (κ2) is 5.55. The lowest BCUT2D eigenvalue weighted by atomic mass is 10.1. The smallest absolute Gasteiger partial charge is 0.317 e. The Morgan fingerprint density at radius 3 is 2.71 bits per heavy atom. The number of nitrogens with zero attached hydrogens (tertiary/aromatic N) is 2. The first kappa shape index (κ1) is 15.0. The summed E-state index contributed by atoms with van der Waals surface area (Å²) in [6.07, 6.45) is -1.65. The van der Waals surface area contributed by atoms with Gasteiger partial charge in [0.2, 0.25) is 5.95 Å². The highest BCUT2D eigenvalue weighted by molar-refractivity contribution is 6.03. The van der Waals surface area contributed by atoms with Gasteiger partial charge in [0.25, 0.3) is 5.91 Å². The van der Waals surface area contributed by atoms with E-state index in [2.05, 4.69) is 10.3 Å². The number of imidazole rings is 1.